The largest absolute Gasteiger partial charge is 0.387 e. The van der Waals surface area contributed by atoms with Gasteiger partial charge in [-0.05, 0) is 18.4 Å². The number of hydrogen-bond donors (Lipinski definition) is 2. The highest BCUT2D eigenvalue weighted by atomic mass is 16.1. The Kier molecular flexibility index (Phi) is 7.70. The van der Waals surface area contributed by atoms with Crippen molar-refractivity contribution in [2.45, 2.75) is 46.0 Å². The van der Waals surface area contributed by atoms with E-state index in [0.717, 1.165) is 24.6 Å². The van der Waals surface area contributed by atoms with Crippen molar-refractivity contribution in [2.75, 3.05) is 18.9 Å². The maximum atomic E-state index is 12.0. The quantitative estimate of drug-likeness (QED) is 0.680. The topological polar surface area (TPSA) is 54.0 Å². The zero-order valence-electron chi connectivity index (χ0n) is 12.9. The second-order valence-corrected chi connectivity index (χ2v) is 5.52. The first-order chi connectivity index (χ1) is 9.65. The van der Waals surface area contributed by atoms with E-state index in [1.165, 1.54) is 25.7 Å². The summed E-state index contributed by atoms with van der Waals surface area (Å²) in [5, 5.41) is 5.96. The molecular weight excluding hydrogens is 250 g/mol. The van der Waals surface area contributed by atoms with Crippen molar-refractivity contribution < 1.29 is 4.79 Å². The number of aromatic nitrogens is 1. The molecule has 0 radical (unpaired) electrons. The number of anilines is 1. The van der Waals surface area contributed by atoms with E-state index in [0.29, 0.717) is 5.56 Å². The van der Waals surface area contributed by atoms with Crippen LogP contribution in [0.25, 0.3) is 0 Å². The SMILES string of the molecule is CNc1ccncc1C(=O)NCCCCCCC(C)C. The van der Waals surface area contributed by atoms with Crippen LogP contribution in [-0.2, 0) is 0 Å². The predicted octanol–water partition coefficient (Wildman–Crippen LogP) is 3.46. The molecule has 0 aliphatic carbocycles. The van der Waals surface area contributed by atoms with Gasteiger partial charge in [0.25, 0.3) is 5.91 Å². The number of unbranched alkanes of at least 4 members (excludes halogenated alkanes) is 3. The Morgan fingerprint density at radius 1 is 1.25 bits per heavy atom. The lowest BCUT2D eigenvalue weighted by molar-refractivity contribution is 0.0953. The molecule has 20 heavy (non-hydrogen) atoms. The monoisotopic (exact) mass is 277 g/mol. The van der Waals surface area contributed by atoms with E-state index in [1.807, 2.05) is 0 Å². The first-order valence-corrected chi connectivity index (χ1v) is 7.55. The van der Waals surface area contributed by atoms with Crippen LogP contribution in [0.4, 0.5) is 5.69 Å². The molecule has 0 saturated carbocycles. The molecule has 0 aliphatic heterocycles. The molecule has 1 aromatic rings. The number of amides is 1. The Bertz CT molecular complexity index is 404. The summed E-state index contributed by atoms with van der Waals surface area (Å²) in [4.78, 5) is 16.0. The number of pyridine rings is 1. The minimum Gasteiger partial charge on any atom is -0.387 e. The van der Waals surface area contributed by atoms with Crippen molar-refractivity contribution in [3.63, 3.8) is 0 Å². The van der Waals surface area contributed by atoms with E-state index in [2.05, 4.69) is 29.5 Å². The molecule has 2 N–H and O–H groups in total. The number of hydrogen-bond acceptors (Lipinski definition) is 3. The van der Waals surface area contributed by atoms with E-state index in [9.17, 15) is 4.79 Å². The van der Waals surface area contributed by atoms with Crippen LogP contribution < -0.4 is 10.6 Å². The zero-order chi connectivity index (χ0) is 14.8. The fourth-order valence-corrected chi connectivity index (χ4v) is 2.12. The summed E-state index contributed by atoms with van der Waals surface area (Å²) in [6.07, 6.45) is 9.34. The van der Waals surface area contributed by atoms with Gasteiger partial charge in [-0.2, -0.15) is 0 Å². The van der Waals surface area contributed by atoms with E-state index in [4.69, 9.17) is 0 Å². The van der Waals surface area contributed by atoms with Gasteiger partial charge >= 0.3 is 0 Å². The molecular formula is C16H27N3O. The third kappa shape index (κ3) is 6.04. The summed E-state index contributed by atoms with van der Waals surface area (Å²) in [5.41, 5.74) is 1.42. The molecule has 0 bridgehead atoms. The van der Waals surface area contributed by atoms with E-state index in [1.54, 1.807) is 25.5 Å². The van der Waals surface area contributed by atoms with Crippen molar-refractivity contribution in [3.8, 4) is 0 Å². The third-order valence-electron chi connectivity index (χ3n) is 3.33. The Morgan fingerprint density at radius 2 is 2.00 bits per heavy atom. The third-order valence-corrected chi connectivity index (χ3v) is 3.33. The molecule has 112 valence electrons. The molecule has 0 unspecified atom stereocenters. The van der Waals surface area contributed by atoms with Gasteiger partial charge in [-0.1, -0.05) is 39.5 Å². The fourth-order valence-electron chi connectivity index (χ4n) is 2.12. The average molecular weight is 277 g/mol. The number of rotatable bonds is 9. The molecule has 0 spiro atoms. The fraction of sp³-hybridized carbons (Fsp3) is 0.625. The Hall–Kier alpha value is -1.58. The molecule has 1 aromatic heterocycles. The van der Waals surface area contributed by atoms with Gasteiger partial charge in [0.15, 0.2) is 0 Å². The van der Waals surface area contributed by atoms with Crippen molar-refractivity contribution in [1.82, 2.24) is 10.3 Å². The average Bonchev–Trinajstić information content (AvgIpc) is 2.45. The standard InChI is InChI=1S/C16H27N3O/c1-13(2)8-6-4-5-7-10-19-16(20)14-12-18-11-9-15(14)17-3/h9,11-13H,4-8,10H2,1-3H3,(H,17,18)(H,19,20). The summed E-state index contributed by atoms with van der Waals surface area (Å²) in [6, 6.07) is 1.81. The lowest BCUT2D eigenvalue weighted by Gasteiger charge is -2.09. The van der Waals surface area contributed by atoms with Gasteiger partial charge in [0, 0.05) is 31.7 Å². The summed E-state index contributed by atoms with van der Waals surface area (Å²) < 4.78 is 0. The highest BCUT2D eigenvalue weighted by Gasteiger charge is 2.09. The van der Waals surface area contributed by atoms with E-state index in [-0.39, 0.29) is 5.91 Å². The molecule has 0 aliphatic rings. The van der Waals surface area contributed by atoms with Gasteiger partial charge in [0.2, 0.25) is 0 Å². The number of carbonyl (C=O) groups is 1. The summed E-state index contributed by atoms with van der Waals surface area (Å²) >= 11 is 0. The highest BCUT2D eigenvalue weighted by molar-refractivity contribution is 5.99. The molecule has 0 atom stereocenters. The second kappa shape index (κ2) is 9.34. The van der Waals surface area contributed by atoms with Crippen molar-refractivity contribution in [3.05, 3.63) is 24.0 Å². The number of carbonyl (C=O) groups excluding carboxylic acids is 1. The molecule has 4 heteroatoms. The zero-order valence-corrected chi connectivity index (χ0v) is 12.9. The molecule has 1 rings (SSSR count). The van der Waals surface area contributed by atoms with Gasteiger partial charge < -0.3 is 10.6 Å². The summed E-state index contributed by atoms with van der Waals surface area (Å²) in [6.45, 7) is 5.25. The van der Waals surface area contributed by atoms with Crippen LogP contribution in [0.15, 0.2) is 18.5 Å². The van der Waals surface area contributed by atoms with Crippen LogP contribution in [-0.4, -0.2) is 24.5 Å². The van der Waals surface area contributed by atoms with Crippen LogP contribution in [0, 0.1) is 5.92 Å². The van der Waals surface area contributed by atoms with Gasteiger partial charge in [0.1, 0.15) is 0 Å². The normalized spacial score (nSPS) is 10.6. The highest BCUT2D eigenvalue weighted by Crippen LogP contribution is 2.12. The molecule has 4 nitrogen and oxygen atoms in total. The molecule has 0 aromatic carbocycles. The van der Waals surface area contributed by atoms with Gasteiger partial charge in [-0.3, -0.25) is 9.78 Å². The number of nitrogens with one attached hydrogen (secondary N) is 2. The maximum absolute atomic E-state index is 12.0. The smallest absolute Gasteiger partial charge is 0.254 e. The molecule has 0 fully saturated rings. The van der Waals surface area contributed by atoms with Crippen LogP contribution in [0.3, 0.4) is 0 Å². The van der Waals surface area contributed by atoms with Gasteiger partial charge in [-0.25, -0.2) is 0 Å². The van der Waals surface area contributed by atoms with Gasteiger partial charge in [-0.15, -0.1) is 0 Å². The van der Waals surface area contributed by atoms with Crippen LogP contribution in [0.1, 0.15) is 56.3 Å². The van der Waals surface area contributed by atoms with Crippen LogP contribution >= 0.6 is 0 Å². The molecule has 1 amide bonds. The van der Waals surface area contributed by atoms with E-state index < -0.39 is 0 Å². The predicted molar refractivity (Wildman–Crippen MR) is 84.0 cm³/mol. The lowest BCUT2D eigenvalue weighted by atomic mass is 10.0. The summed E-state index contributed by atoms with van der Waals surface area (Å²) in [7, 11) is 1.81. The van der Waals surface area contributed by atoms with Crippen LogP contribution in [0.2, 0.25) is 0 Å². The van der Waals surface area contributed by atoms with Crippen molar-refractivity contribution in [2.24, 2.45) is 5.92 Å². The van der Waals surface area contributed by atoms with Crippen LogP contribution in [0.5, 0.6) is 0 Å². The van der Waals surface area contributed by atoms with Crippen molar-refractivity contribution >= 4 is 11.6 Å². The second-order valence-electron chi connectivity index (χ2n) is 5.52. The first kappa shape index (κ1) is 16.5. The lowest BCUT2D eigenvalue weighted by Crippen LogP contribution is -2.25. The van der Waals surface area contributed by atoms with Crippen molar-refractivity contribution in [1.29, 1.82) is 0 Å². The Labute approximate surface area is 122 Å². The maximum Gasteiger partial charge on any atom is 0.254 e. The molecule has 0 saturated heterocycles. The Balaban J connectivity index is 2.20. The van der Waals surface area contributed by atoms with Gasteiger partial charge in [0.05, 0.1) is 5.56 Å². The minimum atomic E-state index is -0.0513. The first-order valence-electron chi connectivity index (χ1n) is 7.55. The number of nitrogens with zero attached hydrogens (tertiary/aromatic N) is 1. The van der Waals surface area contributed by atoms with E-state index >= 15 is 0 Å². The molecule has 1 heterocycles. The summed E-state index contributed by atoms with van der Waals surface area (Å²) in [5.74, 6) is 0.741. The minimum absolute atomic E-state index is 0.0513. The Morgan fingerprint density at radius 3 is 2.70 bits per heavy atom.